The fraction of sp³-hybridized carbons (Fsp3) is 0.714. The third-order valence-electron chi connectivity index (χ3n) is 1.61. The number of hydrogen-bond acceptors (Lipinski definition) is 2. The molecule has 1 aliphatic heterocycles. The Morgan fingerprint density at radius 2 is 2.44 bits per heavy atom. The molecule has 0 radical (unpaired) electrons. The van der Waals surface area contributed by atoms with Crippen LogP contribution in [0, 0.1) is 0 Å². The van der Waals surface area contributed by atoms with Crippen LogP contribution in [0.15, 0.2) is 12.7 Å². The monoisotopic (exact) mass is 126 g/mol. The summed E-state index contributed by atoms with van der Waals surface area (Å²) in [6.07, 6.45) is 1.90. The van der Waals surface area contributed by atoms with Crippen molar-refractivity contribution in [3.05, 3.63) is 12.7 Å². The van der Waals surface area contributed by atoms with E-state index >= 15 is 0 Å². The molecule has 2 heteroatoms. The first-order chi connectivity index (χ1) is 4.33. The number of rotatable bonds is 3. The van der Waals surface area contributed by atoms with Crippen LogP contribution in [0.25, 0.3) is 0 Å². The third kappa shape index (κ3) is 1.80. The molecule has 2 nitrogen and oxygen atoms in total. The number of likely N-dealkylation sites (N-methyl/N-ethyl adjacent to an activating group) is 1. The second kappa shape index (κ2) is 2.99. The lowest BCUT2D eigenvalue weighted by atomic mass is 10.1. The predicted molar refractivity (Wildman–Crippen MR) is 39.5 cm³/mol. The second-order valence-electron chi connectivity index (χ2n) is 2.62. The van der Waals surface area contributed by atoms with Gasteiger partial charge >= 0.3 is 0 Å². The highest BCUT2D eigenvalue weighted by molar-refractivity contribution is 4.85. The van der Waals surface area contributed by atoms with E-state index in [1.54, 1.807) is 0 Å². The molecule has 1 rings (SSSR count). The molecule has 52 valence electrons. The van der Waals surface area contributed by atoms with E-state index < -0.39 is 0 Å². The fourth-order valence-corrected chi connectivity index (χ4v) is 1.08. The Kier molecular flexibility index (Phi) is 2.25. The van der Waals surface area contributed by atoms with Gasteiger partial charge in [0.1, 0.15) is 0 Å². The zero-order valence-corrected chi connectivity index (χ0v) is 5.93. The maximum Gasteiger partial charge on any atom is 0.0325 e. The molecule has 0 aromatic heterocycles. The molecular formula is C7H14N2. The minimum atomic E-state index is 0.716. The smallest absolute Gasteiger partial charge is 0.0325 e. The van der Waals surface area contributed by atoms with Crippen LogP contribution in [0.2, 0.25) is 0 Å². The van der Waals surface area contributed by atoms with Gasteiger partial charge in [-0.15, -0.1) is 6.58 Å². The van der Waals surface area contributed by atoms with Gasteiger partial charge < -0.3 is 10.2 Å². The van der Waals surface area contributed by atoms with Crippen molar-refractivity contribution < 1.29 is 0 Å². The van der Waals surface area contributed by atoms with Crippen molar-refractivity contribution in [2.24, 2.45) is 0 Å². The zero-order valence-electron chi connectivity index (χ0n) is 5.93. The van der Waals surface area contributed by atoms with Crippen LogP contribution in [-0.2, 0) is 0 Å². The van der Waals surface area contributed by atoms with Crippen LogP contribution in [-0.4, -0.2) is 37.6 Å². The number of hydrogen-bond donors (Lipinski definition) is 1. The Labute approximate surface area is 56.5 Å². The van der Waals surface area contributed by atoms with E-state index in [4.69, 9.17) is 0 Å². The Bertz CT molecular complexity index is 95.1. The van der Waals surface area contributed by atoms with Gasteiger partial charge in [0, 0.05) is 25.7 Å². The van der Waals surface area contributed by atoms with E-state index in [1.165, 1.54) is 13.1 Å². The average molecular weight is 126 g/mol. The molecule has 1 saturated heterocycles. The molecule has 1 aliphatic rings. The summed E-state index contributed by atoms with van der Waals surface area (Å²) in [6, 6.07) is 0.716. The summed E-state index contributed by atoms with van der Waals surface area (Å²) in [4.78, 5) is 2.29. The van der Waals surface area contributed by atoms with Gasteiger partial charge in [-0.2, -0.15) is 0 Å². The fourth-order valence-electron chi connectivity index (χ4n) is 1.08. The highest BCUT2D eigenvalue weighted by Crippen LogP contribution is 2.02. The first-order valence-corrected chi connectivity index (χ1v) is 3.35. The standard InChI is InChI=1S/C7H14N2/c1-3-4-8-7-5-9(2)6-7/h3,7-8H,1,4-6H2,2H3. The minimum Gasteiger partial charge on any atom is -0.308 e. The molecule has 0 bridgehead atoms. The Hall–Kier alpha value is -0.340. The van der Waals surface area contributed by atoms with Crippen molar-refractivity contribution in [3.8, 4) is 0 Å². The van der Waals surface area contributed by atoms with Crippen LogP contribution in [0.5, 0.6) is 0 Å². The summed E-state index contributed by atoms with van der Waals surface area (Å²) < 4.78 is 0. The molecule has 9 heavy (non-hydrogen) atoms. The summed E-state index contributed by atoms with van der Waals surface area (Å²) >= 11 is 0. The van der Waals surface area contributed by atoms with Crippen LogP contribution < -0.4 is 5.32 Å². The zero-order chi connectivity index (χ0) is 6.69. The molecule has 1 fully saturated rings. The highest BCUT2D eigenvalue weighted by atomic mass is 15.2. The predicted octanol–water partition coefficient (Wildman–Crippen LogP) is 0.0760. The van der Waals surface area contributed by atoms with Crippen LogP contribution >= 0.6 is 0 Å². The second-order valence-corrected chi connectivity index (χ2v) is 2.62. The number of likely N-dealkylation sites (tertiary alicyclic amines) is 1. The Morgan fingerprint density at radius 3 is 2.89 bits per heavy atom. The third-order valence-corrected chi connectivity index (χ3v) is 1.61. The average Bonchev–Trinajstić information content (AvgIpc) is 1.78. The van der Waals surface area contributed by atoms with E-state index in [2.05, 4.69) is 23.8 Å². The van der Waals surface area contributed by atoms with Gasteiger partial charge in [0.25, 0.3) is 0 Å². The number of nitrogens with one attached hydrogen (secondary N) is 1. The van der Waals surface area contributed by atoms with Gasteiger partial charge in [0.05, 0.1) is 0 Å². The summed E-state index contributed by atoms with van der Waals surface area (Å²) in [5, 5.41) is 3.34. The highest BCUT2D eigenvalue weighted by Gasteiger charge is 2.20. The summed E-state index contributed by atoms with van der Waals surface area (Å²) in [5.41, 5.74) is 0. The topological polar surface area (TPSA) is 15.3 Å². The molecular weight excluding hydrogens is 112 g/mol. The summed E-state index contributed by atoms with van der Waals surface area (Å²) in [6.45, 7) is 6.95. The lowest BCUT2D eigenvalue weighted by molar-refractivity contribution is 0.165. The van der Waals surface area contributed by atoms with E-state index in [1.807, 2.05) is 6.08 Å². The van der Waals surface area contributed by atoms with Gasteiger partial charge in [-0.05, 0) is 7.05 Å². The first-order valence-electron chi connectivity index (χ1n) is 3.35. The summed E-state index contributed by atoms with van der Waals surface area (Å²) in [7, 11) is 2.13. The maximum absolute atomic E-state index is 3.63. The molecule has 0 aliphatic carbocycles. The molecule has 0 aromatic rings. The quantitative estimate of drug-likeness (QED) is 0.539. The van der Waals surface area contributed by atoms with Gasteiger partial charge in [-0.3, -0.25) is 0 Å². The van der Waals surface area contributed by atoms with Gasteiger partial charge in [0.15, 0.2) is 0 Å². The van der Waals surface area contributed by atoms with E-state index in [0.717, 1.165) is 6.54 Å². The van der Waals surface area contributed by atoms with Crippen molar-refractivity contribution in [1.82, 2.24) is 10.2 Å². The van der Waals surface area contributed by atoms with E-state index in [-0.39, 0.29) is 0 Å². The molecule has 1 heterocycles. The van der Waals surface area contributed by atoms with Crippen LogP contribution in [0.3, 0.4) is 0 Å². The number of nitrogens with zero attached hydrogens (tertiary/aromatic N) is 1. The maximum atomic E-state index is 3.63. The van der Waals surface area contributed by atoms with Gasteiger partial charge in [-0.25, -0.2) is 0 Å². The Morgan fingerprint density at radius 1 is 1.78 bits per heavy atom. The van der Waals surface area contributed by atoms with Gasteiger partial charge in [0.2, 0.25) is 0 Å². The Balaban J connectivity index is 1.97. The molecule has 1 N–H and O–H groups in total. The van der Waals surface area contributed by atoms with E-state index in [9.17, 15) is 0 Å². The molecule has 0 atom stereocenters. The molecule has 0 saturated carbocycles. The van der Waals surface area contributed by atoms with Crippen LogP contribution in [0.1, 0.15) is 0 Å². The largest absolute Gasteiger partial charge is 0.308 e. The van der Waals surface area contributed by atoms with Crippen molar-refractivity contribution >= 4 is 0 Å². The van der Waals surface area contributed by atoms with Crippen molar-refractivity contribution in [2.45, 2.75) is 6.04 Å². The first kappa shape index (κ1) is 6.78. The van der Waals surface area contributed by atoms with Crippen molar-refractivity contribution in [1.29, 1.82) is 0 Å². The minimum absolute atomic E-state index is 0.716. The lowest BCUT2D eigenvalue weighted by Gasteiger charge is -2.36. The van der Waals surface area contributed by atoms with Crippen molar-refractivity contribution in [2.75, 3.05) is 26.7 Å². The SMILES string of the molecule is C=CCNC1CN(C)C1. The molecule has 0 aromatic carbocycles. The molecule has 0 amide bonds. The lowest BCUT2D eigenvalue weighted by Crippen LogP contribution is -2.55. The summed E-state index contributed by atoms with van der Waals surface area (Å²) in [5.74, 6) is 0. The van der Waals surface area contributed by atoms with Gasteiger partial charge in [-0.1, -0.05) is 6.08 Å². The van der Waals surface area contributed by atoms with Crippen LogP contribution in [0.4, 0.5) is 0 Å². The normalized spacial score (nSPS) is 21.4. The van der Waals surface area contributed by atoms with E-state index in [0.29, 0.717) is 6.04 Å². The molecule has 0 spiro atoms. The molecule has 0 unspecified atom stereocenters. The van der Waals surface area contributed by atoms with Crippen molar-refractivity contribution in [3.63, 3.8) is 0 Å².